The van der Waals surface area contributed by atoms with Crippen molar-refractivity contribution >= 4 is 11.9 Å². The van der Waals surface area contributed by atoms with Gasteiger partial charge < -0.3 is 24.6 Å². The van der Waals surface area contributed by atoms with Crippen molar-refractivity contribution in [1.82, 2.24) is 5.32 Å². The Kier molecular flexibility index (Phi) is 6.12. The second kappa shape index (κ2) is 8.20. The highest BCUT2D eigenvalue weighted by atomic mass is 17.3. The van der Waals surface area contributed by atoms with Crippen molar-refractivity contribution in [3.05, 3.63) is 0 Å². The van der Waals surface area contributed by atoms with E-state index in [0.29, 0.717) is 5.92 Å². The van der Waals surface area contributed by atoms with Crippen LogP contribution in [-0.2, 0) is 33.6 Å². The van der Waals surface area contributed by atoms with Gasteiger partial charge in [0.1, 0.15) is 12.6 Å². The third kappa shape index (κ3) is 3.96. The quantitative estimate of drug-likeness (QED) is 0.609. The summed E-state index contributed by atoms with van der Waals surface area (Å²) in [5.41, 5.74) is -1.31. The fourth-order valence-electron chi connectivity index (χ4n) is 6.07. The number of nitrogens with one attached hydrogen (secondary N) is 1. The van der Waals surface area contributed by atoms with E-state index in [4.69, 9.17) is 24.0 Å². The fourth-order valence-corrected chi connectivity index (χ4v) is 6.07. The third-order valence-electron chi connectivity index (χ3n) is 7.89. The number of fused-ring (bicyclic) bond motifs is 2. The van der Waals surface area contributed by atoms with Crippen LogP contribution in [0.15, 0.2) is 0 Å². The molecule has 4 saturated heterocycles. The molecule has 0 aromatic rings. The van der Waals surface area contributed by atoms with E-state index in [1.54, 1.807) is 20.8 Å². The Morgan fingerprint density at radius 2 is 1.88 bits per heavy atom. The number of carboxylic acid groups (broad SMARTS) is 1. The van der Waals surface area contributed by atoms with Gasteiger partial charge in [0.2, 0.25) is 11.7 Å². The average Bonchev–Trinajstić information content (AvgIpc) is 2.92. The first-order valence-corrected chi connectivity index (χ1v) is 11.7. The number of hydrogen-bond donors (Lipinski definition) is 2. The molecule has 2 bridgehead atoms. The summed E-state index contributed by atoms with van der Waals surface area (Å²) in [6.45, 7) is 11.2. The van der Waals surface area contributed by atoms with Gasteiger partial charge in [-0.25, -0.2) is 14.6 Å². The molecule has 0 radical (unpaired) electrons. The second-order valence-corrected chi connectivity index (χ2v) is 11.3. The van der Waals surface area contributed by atoms with E-state index >= 15 is 0 Å². The number of carbonyl (C=O) groups excluding carboxylic acids is 1. The van der Waals surface area contributed by atoms with E-state index in [0.717, 1.165) is 25.7 Å². The van der Waals surface area contributed by atoms with Crippen LogP contribution < -0.4 is 5.32 Å². The zero-order valence-electron chi connectivity index (χ0n) is 19.9. The van der Waals surface area contributed by atoms with E-state index in [1.807, 2.05) is 13.8 Å². The van der Waals surface area contributed by atoms with Gasteiger partial charge in [0.05, 0.1) is 0 Å². The standard InChI is InChI=1S/C23H37NO8/c1-12-7-8-15-13(2)19(28-11-16(25)24-17(18(26)27)21(3,4)5)29-20-23(15)14(12)9-10-22(6,30-20)31-32-23/h12-15,17,19-20H,7-11H2,1-6H3,(H,24,25)(H,26,27)/t12-,13-,14+,15+,17-,19+,20-,22-,23-/m1/s1. The minimum Gasteiger partial charge on any atom is -0.480 e. The number of carboxylic acids is 1. The van der Waals surface area contributed by atoms with Crippen molar-refractivity contribution in [2.45, 2.75) is 97.2 Å². The van der Waals surface area contributed by atoms with Gasteiger partial charge >= 0.3 is 5.97 Å². The lowest BCUT2D eigenvalue weighted by Gasteiger charge is -2.60. The minimum absolute atomic E-state index is 0.0541. The lowest BCUT2D eigenvalue weighted by atomic mass is 9.58. The highest BCUT2D eigenvalue weighted by Gasteiger charge is 2.69. The molecule has 4 heterocycles. The Morgan fingerprint density at radius 3 is 2.53 bits per heavy atom. The topological polar surface area (TPSA) is 113 Å². The number of ether oxygens (including phenoxy) is 3. The molecule has 1 saturated carbocycles. The number of aliphatic carboxylic acids is 1. The summed E-state index contributed by atoms with van der Waals surface area (Å²) in [6, 6.07) is -1.02. The van der Waals surface area contributed by atoms with Crippen molar-refractivity contribution < 1.29 is 38.7 Å². The van der Waals surface area contributed by atoms with Gasteiger partial charge in [-0.3, -0.25) is 4.79 Å². The molecule has 9 nitrogen and oxygen atoms in total. The monoisotopic (exact) mass is 455 g/mol. The van der Waals surface area contributed by atoms with Crippen molar-refractivity contribution in [3.63, 3.8) is 0 Å². The van der Waals surface area contributed by atoms with E-state index in [-0.39, 0.29) is 24.4 Å². The molecule has 0 aromatic heterocycles. The van der Waals surface area contributed by atoms with Gasteiger partial charge in [-0.2, -0.15) is 0 Å². The Hall–Kier alpha value is -1.26. The summed E-state index contributed by atoms with van der Waals surface area (Å²) < 4.78 is 18.4. The van der Waals surface area contributed by atoms with Crippen molar-refractivity contribution in [1.29, 1.82) is 0 Å². The van der Waals surface area contributed by atoms with Gasteiger partial charge in [-0.1, -0.05) is 34.6 Å². The fraction of sp³-hybridized carbons (Fsp3) is 0.913. The predicted octanol–water partition coefficient (Wildman–Crippen LogP) is 2.83. The maximum absolute atomic E-state index is 12.5. The van der Waals surface area contributed by atoms with Gasteiger partial charge in [0.15, 0.2) is 18.2 Å². The highest BCUT2D eigenvalue weighted by Crippen LogP contribution is 2.60. The van der Waals surface area contributed by atoms with Crippen LogP contribution in [-0.4, -0.2) is 53.6 Å². The number of hydrogen-bond acceptors (Lipinski definition) is 7. The van der Waals surface area contributed by atoms with E-state index in [2.05, 4.69) is 12.2 Å². The molecule has 5 fully saturated rings. The maximum atomic E-state index is 12.5. The predicted molar refractivity (Wildman–Crippen MR) is 112 cm³/mol. The number of amides is 1. The molecule has 0 aromatic carbocycles. The molecule has 182 valence electrons. The summed E-state index contributed by atoms with van der Waals surface area (Å²) in [4.78, 5) is 35.9. The van der Waals surface area contributed by atoms with Crippen LogP contribution in [0.2, 0.25) is 0 Å². The summed E-state index contributed by atoms with van der Waals surface area (Å²) in [5.74, 6) is -1.68. The first kappa shape index (κ1) is 23.9. The van der Waals surface area contributed by atoms with E-state index in [9.17, 15) is 14.7 Å². The minimum atomic E-state index is -1.08. The molecule has 4 aliphatic heterocycles. The summed E-state index contributed by atoms with van der Waals surface area (Å²) in [6.07, 6.45) is 2.36. The van der Waals surface area contributed by atoms with Crippen molar-refractivity contribution in [3.8, 4) is 0 Å². The van der Waals surface area contributed by atoms with Crippen molar-refractivity contribution in [2.24, 2.45) is 29.1 Å². The lowest BCUT2D eigenvalue weighted by molar-refractivity contribution is -0.577. The molecule has 9 atom stereocenters. The number of rotatable bonds is 5. The highest BCUT2D eigenvalue weighted by molar-refractivity contribution is 5.84. The van der Waals surface area contributed by atoms with E-state index < -0.39 is 47.3 Å². The molecule has 5 aliphatic rings. The third-order valence-corrected chi connectivity index (χ3v) is 7.89. The van der Waals surface area contributed by atoms with Gasteiger partial charge in [0, 0.05) is 18.3 Å². The van der Waals surface area contributed by atoms with Crippen LogP contribution in [0.5, 0.6) is 0 Å². The lowest BCUT2D eigenvalue weighted by Crippen LogP contribution is -2.70. The normalized spacial score (nSPS) is 44.3. The van der Waals surface area contributed by atoms with Gasteiger partial charge in [0.25, 0.3) is 0 Å². The molecule has 1 amide bonds. The smallest absolute Gasteiger partial charge is 0.326 e. The van der Waals surface area contributed by atoms with Crippen molar-refractivity contribution in [2.75, 3.05) is 6.61 Å². The van der Waals surface area contributed by atoms with E-state index in [1.165, 1.54) is 0 Å². The van der Waals surface area contributed by atoms with Crippen LogP contribution in [0.3, 0.4) is 0 Å². The molecule has 32 heavy (non-hydrogen) atoms. The molecular formula is C23H37NO8. The largest absolute Gasteiger partial charge is 0.480 e. The molecule has 2 N–H and O–H groups in total. The SMILES string of the molecule is C[C@H]1[C@@H](OCC(=O)N[C@H](C(=O)O)C(C)(C)C)O[C@@H]2O[C@@]3(C)CC[C@H]4[C@H](C)CC[C@@H]1[C@@]24OO3. The summed E-state index contributed by atoms with van der Waals surface area (Å²) in [5, 5.41) is 12.0. The first-order valence-electron chi connectivity index (χ1n) is 11.7. The van der Waals surface area contributed by atoms with Gasteiger partial charge in [-0.05, 0) is 43.4 Å². The molecule has 0 unspecified atom stereocenters. The Morgan fingerprint density at radius 1 is 1.16 bits per heavy atom. The Bertz CT molecular complexity index is 753. The van der Waals surface area contributed by atoms with Crippen LogP contribution in [0.1, 0.15) is 67.2 Å². The second-order valence-electron chi connectivity index (χ2n) is 11.3. The van der Waals surface area contributed by atoms with Crippen LogP contribution in [0.25, 0.3) is 0 Å². The molecule has 1 aliphatic carbocycles. The zero-order chi connectivity index (χ0) is 23.5. The Labute approximate surface area is 189 Å². The average molecular weight is 456 g/mol. The molecule has 1 spiro atoms. The van der Waals surface area contributed by atoms with Crippen LogP contribution in [0, 0.1) is 29.1 Å². The molecular weight excluding hydrogens is 418 g/mol. The zero-order valence-corrected chi connectivity index (χ0v) is 19.9. The first-order chi connectivity index (χ1) is 14.9. The van der Waals surface area contributed by atoms with Gasteiger partial charge in [-0.15, -0.1) is 0 Å². The van der Waals surface area contributed by atoms with Crippen LogP contribution in [0.4, 0.5) is 0 Å². The van der Waals surface area contributed by atoms with Crippen LogP contribution >= 0.6 is 0 Å². The Balaban J connectivity index is 1.48. The maximum Gasteiger partial charge on any atom is 0.326 e. The summed E-state index contributed by atoms with van der Waals surface area (Å²) in [7, 11) is 0. The molecule has 9 heteroatoms. The molecule has 5 rings (SSSR count). The number of carbonyl (C=O) groups is 2. The summed E-state index contributed by atoms with van der Waals surface area (Å²) >= 11 is 0.